The van der Waals surface area contributed by atoms with Crippen molar-refractivity contribution in [3.8, 4) is 0 Å². The first kappa shape index (κ1) is 13.2. The molecule has 0 saturated carbocycles. The topological polar surface area (TPSA) is 24.9 Å². The zero-order chi connectivity index (χ0) is 13.0. The standard InChI is InChI=1S/C14H14BrFN2/c1-17-9-13(10-4-6-18-7-5-10)12-8-11(15)2-3-14(12)16/h2-8,13,17H,9H2,1H3. The summed E-state index contributed by atoms with van der Waals surface area (Å²) in [6.45, 7) is 0.678. The van der Waals surface area contributed by atoms with E-state index in [1.807, 2.05) is 25.2 Å². The van der Waals surface area contributed by atoms with E-state index in [0.29, 0.717) is 12.1 Å². The summed E-state index contributed by atoms with van der Waals surface area (Å²) in [6, 6.07) is 8.87. The van der Waals surface area contributed by atoms with Gasteiger partial charge in [-0.2, -0.15) is 0 Å². The van der Waals surface area contributed by atoms with Crippen molar-refractivity contribution < 1.29 is 4.39 Å². The molecule has 2 rings (SSSR count). The van der Waals surface area contributed by atoms with Crippen molar-refractivity contribution in [3.63, 3.8) is 0 Å². The first-order valence-electron chi connectivity index (χ1n) is 5.72. The van der Waals surface area contributed by atoms with Crippen LogP contribution in [0.25, 0.3) is 0 Å². The highest BCUT2D eigenvalue weighted by Gasteiger charge is 2.17. The van der Waals surface area contributed by atoms with Gasteiger partial charge in [-0.05, 0) is 48.5 Å². The number of halogens is 2. The summed E-state index contributed by atoms with van der Waals surface area (Å²) in [6.07, 6.45) is 3.46. The van der Waals surface area contributed by atoms with Gasteiger partial charge in [0.15, 0.2) is 0 Å². The highest BCUT2D eigenvalue weighted by Crippen LogP contribution is 2.28. The number of nitrogens with one attached hydrogen (secondary N) is 1. The Morgan fingerprint density at radius 1 is 1.28 bits per heavy atom. The van der Waals surface area contributed by atoms with E-state index in [0.717, 1.165) is 10.0 Å². The lowest BCUT2D eigenvalue weighted by Crippen LogP contribution is -2.19. The van der Waals surface area contributed by atoms with E-state index in [2.05, 4.69) is 26.2 Å². The molecule has 4 heteroatoms. The predicted octanol–water partition coefficient (Wildman–Crippen LogP) is 3.33. The molecular weight excluding hydrogens is 295 g/mol. The minimum Gasteiger partial charge on any atom is -0.319 e. The molecule has 1 atom stereocenters. The van der Waals surface area contributed by atoms with Crippen LogP contribution in [0, 0.1) is 5.82 Å². The molecule has 0 aliphatic rings. The van der Waals surface area contributed by atoms with E-state index in [-0.39, 0.29) is 11.7 Å². The molecule has 1 aromatic carbocycles. The molecule has 1 unspecified atom stereocenters. The maximum Gasteiger partial charge on any atom is 0.127 e. The Bertz CT molecular complexity index is 516. The SMILES string of the molecule is CNCC(c1ccncc1)c1cc(Br)ccc1F. The van der Waals surface area contributed by atoms with Crippen LogP contribution in [-0.4, -0.2) is 18.6 Å². The molecular formula is C14H14BrFN2. The molecule has 0 aliphatic carbocycles. The maximum atomic E-state index is 14.0. The van der Waals surface area contributed by atoms with Crippen molar-refractivity contribution in [3.05, 3.63) is 64.1 Å². The Morgan fingerprint density at radius 2 is 2.00 bits per heavy atom. The first-order valence-corrected chi connectivity index (χ1v) is 6.51. The Hall–Kier alpha value is -1.26. The Kier molecular flexibility index (Phi) is 4.44. The summed E-state index contributed by atoms with van der Waals surface area (Å²) in [5.41, 5.74) is 1.74. The summed E-state index contributed by atoms with van der Waals surface area (Å²) in [4.78, 5) is 4.00. The minimum atomic E-state index is -0.185. The van der Waals surface area contributed by atoms with E-state index in [9.17, 15) is 4.39 Å². The van der Waals surface area contributed by atoms with Crippen molar-refractivity contribution in [2.45, 2.75) is 5.92 Å². The van der Waals surface area contributed by atoms with Gasteiger partial charge in [-0.25, -0.2) is 4.39 Å². The molecule has 0 radical (unpaired) electrons. The molecule has 0 amide bonds. The molecule has 2 nitrogen and oxygen atoms in total. The molecule has 0 saturated heterocycles. The van der Waals surface area contributed by atoms with Gasteiger partial charge in [0.25, 0.3) is 0 Å². The van der Waals surface area contributed by atoms with Crippen molar-refractivity contribution in [1.82, 2.24) is 10.3 Å². The average Bonchev–Trinajstić information content (AvgIpc) is 2.40. The van der Waals surface area contributed by atoms with Crippen molar-refractivity contribution in [1.29, 1.82) is 0 Å². The average molecular weight is 309 g/mol. The smallest absolute Gasteiger partial charge is 0.127 e. The fraction of sp³-hybridized carbons (Fsp3) is 0.214. The van der Waals surface area contributed by atoms with Crippen LogP contribution in [0.3, 0.4) is 0 Å². The van der Waals surface area contributed by atoms with E-state index in [4.69, 9.17) is 0 Å². The number of hydrogen-bond acceptors (Lipinski definition) is 2. The minimum absolute atomic E-state index is 0.0181. The maximum absolute atomic E-state index is 14.0. The van der Waals surface area contributed by atoms with Gasteiger partial charge in [-0.3, -0.25) is 4.98 Å². The van der Waals surface area contributed by atoms with E-state index in [1.165, 1.54) is 6.07 Å². The summed E-state index contributed by atoms with van der Waals surface area (Å²) in [7, 11) is 1.87. The van der Waals surface area contributed by atoms with Gasteiger partial charge >= 0.3 is 0 Å². The van der Waals surface area contributed by atoms with Gasteiger partial charge in [0.2, 0.25) is 0 Å². The molecule has 18 heavy (non-hydrogen) atoms. The van der Waals surface area contributed by atoms with Crippen LogP contribution in [0.15, 0.2) is 47.2 Å². The second-order valence-electron chi connectivity index (χ2n) is 4.06. The number of aromatic nitrogens is 1. The zero-order valence-electron chi connectivity index (χ0n) is 10.0. The lowest BCUT2D eigenvalue weighted by molar-refractivity contribution is 0.586. The van der Waals surface area contributed by atoms with Crippen molar-refractivity contribution in [2.75, 3.05) is 13.6 Å². The van der Waals surface area contributed by atoms with Crippen LogP contribution in [-0.2, 0) is 0 Å². The summed E-state index contributed by atoms with van der Waals surface area (Å²) in [5.74, 6) is -0.203. The van der Waals surface area contributed by atoms with Gasteiger partial charge in [-0.1, -0.05) is 15.9 Å². The van der Waals surface area contributed by atoms with Crippen molar-refractivity contribution in [2.24, 2.45) is 0 Å². The van der Waals surface area contributed by atoms with Crippen LogP contribution in [0.1, 0.15) is 17.0 Å². The largest absolute Gasteiger partial charge is 0.319 e. The Balaban J connectivity index is 2.44. The third-order valence-electron chi connectivity index (χ3n) is 2.85. The second kappa shape index (κ2) is 6.07. The predicted molar refractivity (Wildman–Crippen MR) is 74.1 cm³/mol. The van der Waals surface area contributed by atoms with Gasteiger partial charge in [0.05, 0.1) is 0 Å². The first-order chi connectivity index (χ1) is 8.72. The van der Waals surface area contributed by atoms with E-state index in [1.54, 1.807) is 18.5 Å². The third kappa shape index (κ3) is 2.94. The molecule has 1 aromatic heterocycles. The number of pyridine rings is 1. The third-order valence-corrected chi connectivity index (χ3v) is 3.34. The lowest BCUT2D eigenvalue weighted by Gasteiger charge is -2.18. The number of benzene rings is 1. The Labute approximate surface area is 114 Å². The van der Waals surface area contributed by atoms with Crippen LogP contribution in [0.5, 0.6) is 0 Å². The van der Waals surface area contributed by atoms with Gasteiger partial charge in [-0.15, -0.1) is 0 Å². The number of rotatable bonds is 4. The van der Waals surface area contributed by atoms with Crippen LogP contribution >= 0.6 is 15.9 Å². The summed E-state index contributed by atoms with van der Waals surface area (Å²) in [5, 5.41) is 3.11. The lowest BCUT2D eigenvalue weighted by atomic mass is 9.91. The molecule has 0 aliphatic heterocycles. The summed E-state index contributed by atoms with van der Waals surface area (Å²) >= 11 is 3.39. The second-order valence-corrected chi connectivity index (χ2v) is 4.97. The normalized spacial score (nSPS) is 12.4. The Morgan fingerprint density at radius 3 is 2.67 bits per heavy atom. The molecule has 1 N–H and O–H groups in total. The fourth-order valence-corrected chi connectivity index (χ4v) is 2.37. The highest BCUT2D eigenvalue weighted by atomic mass is 79.9. The molecule has 94 valence electrons. The number of hydrogen-bond donors (Lipinski definition) is 1. The van der Waals surface area contributed by atoms with E-state index >= 15 is 0 Å². The zero-order valence-corrected chi connectivity index (χ0v) is 11.6. The molecule has 1 heterocycles. The number of nitrogens with zero attached hydrogens (tertiary/aromatic N) is 1. The summed E-state index contributed by atoms with van der Waals surface area (Å²) < 4.78 is 14.8. The molecule has 0 fully saturated rings. The highest BCUT2D eigenvalue weighted by molar-refractivity contribution is 9.10. The van der Waals surface area contributed by atoms with Crippen LogP contribution in [0.2, 0.25) is 0 Å². The van der Waals surface area contributed by atoms with E-state index < -0.39 is 0 Å². The number of likely N-dealkylation sites (N-methyl/N-ethyl adjacent to an activating group) is 1. The van der Waals surface area contributed by atoms with Gasteiger partial charge in [0.1, 0.15) is 5.82 Å². The van der Waals surface area contributed by atoms with Crippen LogP contribution in [0.4, 0.5) is 4.39 Å². The molecule has 0 spiro atoms. The quantitative estimate of drug-likeness (QED) is 0.937. The van der Waals surface area contributed by atoms with Gasteiger partial charge in [0, 0.05) is 29.3 Å². The molecule has 0 bridgehead atoms. The fourth-order valence-electron chi connectivity index (χ4n) is 1.99. The van der Waals surface area contributed by atoms with Gasteiger partial charge < -0.3 is 5.32 Å². The van der Waals surface area contributed by atoms with Crippen LogP contribution < -0.4 is 5.32 Å². The monoisotopic (exact) mass is 308 g/mol. The van der Waals surface area contributed by atoms with Crippen molar-refractivity contribution >= 4 is 15.9 Å². The molecule has 2 aromatic rings.